The second-order valence-electron chi connectivity index (χ2n) is 6.54. The van der Waals surface area contributed by atoms with E-state index < -0.39 is 30.0 Å². The molecule has 4 heterocycles. The van der Waals surface area contributed by atoms with Crippen LogP contribution in [0.1, 0.15) is 16.7 Å². The molecule has 0 bridgehead atoms. The number of thiophene rings is 1. The summed E-state index contributed by atoms with van der Waals surface area (Å²) in [5.41, 5.74) is 5.63. The fourth-order valence-corrected chi connectivity index (χ4v) is 4.33. The minimum absolute atomic E-state index is 0.0652. The van der Waals surface area contributed by atoms with Gasteiger partial charge in [0.15, 0.2) is 0 Å². The van der Waals surface area contributed by atoms with Crippen molar-refractivity contribution < 1.29 is 18.6 Å². The molecule has 2 aromatic heterocycles. The molecule has 7 nitrogen and oxygen atoms in total. The molecule has 2 aliphatic heterocycles. The Balaban J connectivity index is 1.53. The Morgan fingerprint density at radius 1 is 1.46 bits per heavy atom. The van der Waals surface area contributed by atoms with E-state index in [1.165, 1.54) is 16.5 Å². The van der Waals surface area contributed by atoms with E-state index in [-0.39, 0.29) is 12.4 Å². The Labute approximate surface area is 151 Å². The lowest BCUT2D eigenvalue weighted by atomic mass is 10.1. The molecule has 26 heavy (non-hydrogen) atoms. The van der Waals surface area contributed by atoms with E-state index >= 15 is 0 Å². The average molecular weight is 384 g/mol. The standard InChI is InChI=1S/C16H18F2N4O3S/c17-16(18)13(23)10(8-21-4-1-11-9(7-21)3-6-26-11)25-14(16)22-5-2-12(19)20-15(22)24/h2-3,5-6,10,13-14,23H,1,4,7-8H2,(H2,19,20,24)/t10-,13-,14-/m1/s1. The largest absolute Gasteiger partial charge is 0.384 e. The summed E-state index contributed by atoms with van der Waals surface area (Å²) in [4.78, 5) is 18.6. The number of alkyl halides is 2. The van der Waals surface area contributed by atoms with Gasteiger partial charge in [0.05, 0.1) is 0 Å². The van der Waals surface area contributed by atoms with Gasteiger partial charge in [0.25, 0.3) is 0 Å². The summed E-state index contributed by atoms with van der Waals surface area (Å²) in [5, 5.41) is 12.1. The van der Waals surface area contributed by atoms with Crippen LogP contribution < -0.4 is 11.4 Å². The highest BCUT2D eigenvalue weighted by Gasteiger charge is 2.59. The lowest BCUT2D eigenvalue weighted by Gasteiger charge is -2.29. The molecule has 0 saturated carbocycles. The Hall–Kier alpha value is -1.88. The van der Waals surface area contributed by atoms with Crippen LogP contribution in [0.4, 0.5) is 14.6 Å². The molecule has 3 N–H and O–H groups in total. The third-order valence-electron chi connectivity index (χ3n) is 4.81. The number of fused-ring (bicyclic) bond motifs is 1. The van der Waals surface area contributed by atoms with Gasteiger partial charge in [0.1, 0.15) is 18.0 Å². The van der Waals surface area contributed by atoms with Crippen molar-refractivity contribution in [3.05, 3.63) is 44.6 Å². The normalized spacial score (nSPS) is 28.2. The van der Waals surface area contributed by atoms with Crippen molar-refractivity contribution in [1.29, 1.82) is 0 Å². The number of aliphatic hydroxyl groups excluding tert-OH is 1. The summed E-state index contributed by atoms with van der Waals surface area (Å²) >= 11 is 1.69. The molecule has 0 spiro atoms. The summed E-state index contributed by atoms with van der Waals surface area (Å²) < 4.78 is 35.2. The number of nitrogens with zero attached hydrogens (tertiary/aromatic N) is 3. The van der Waals surface area contributed by atoms with Crippen molar-refractivity contribution in [3.8, 4) is 0 Å². The number of halogens is 2. The number of nitrogen functional groups attached to an aromatic ring is 1. The van der Waals surface area contributed by atoms with Gasteiger partial charge in [-0.05, 0) is 29.5 Å². The van der Waals surface area contributed by atoms with E-state index in [1.807, 2.05) is 16.3 Å². The molecule has 3 atom stereocenters. The maximum absolute atomic E-state index is 14.6. The van der Waals surface area contributed by atoms with Gasteiger partial charge in [-0.1, -0.05) is 0 Å². The molecular weight excluding hydrogens is 366 g/mol. The molecule has 10 heteroatoms. The minimum Gasteiger partial charge on any atom is -0.384 e. The van der Waals surface area contributed by atoms with Gasteiger partial charge in [-0.25, -0.2) is 4.79 Å². The summed E-state index contributed by atoms with van der Waals surface area (Å²) in [6, 6.07) is 3.26. The molecule has 2 aromatic rings. The first-order valence-electron chi connectivity index (χ1n) is 8.20. The van der Waals surface area contributed by atoms with Crippen LogP contribution in [-0.4, -0.2) is 50.8 Å². The Bertz CT molecular complexity index is 871. The van der Waals surface area contributed by atoms with E-state index in [0.29, 0.717) is 17.7 Å². The first-order chi connectivity index (χ1) is 12.4. The van der Waals surface area contributed by atoms with E-state index in [0.717, 1.165) is 12.6 Å². The first kappa shape index (κ1) is 17.5. The van der Waals surface area contributed by atoms with Crippen LogP contribution in [0.2, 0.25) is 0 Å². The number of ether oxygens (including phenoxy) is 1. The number of rotatable bonds is 3. The number of hydrogen-bond acceptors (Lipinski definition) is 7. The van der Waals surface area contributed by atoms with Crippen LogP contribution in [0.15, 0.2) is 28.5 Å². The number of hydrogen-bond donors (Lipinski definition) is 2. The van der Waals surface area contributed by atoms with Crippen LogP contribution >= 0.6 is 11.3 Å². The second-order valence-corrected chi connectivity index (χ2v) is 7.54. The van der Waals surface area contributed by atoms with Gasteiger partial charge in [-0.3, -0.25) is 9.47 Å². The van der Waals surface area contributed by atoms with Crippen molar-refractivity contribution in [3.63, 3.8) is 0 Å². The quantitative estimate of drug-likeness (QED) is 0.815. The molecule has 2 aliphatic rings. The predicted molar refractivity (Wildman–Crippen MR) is 91.1 cm³/mol. The molecule has 0 amide bonds. The Kier molecular flexibility index (Phi) is 4.30. The maximum atomic E-state index is 14.6. The van der Waals surface area contributed by atoms with Crippen LogP contribution in [-0.2, 0) is 17.7 Å². The van der Waals surface area contributed by atoms with Gasteiger partial charge >= 0.3 is 11.6 Å². The van der Waals surface area contributed by atoms with Crippen LogP contribution in [0.25, 0.3) is 0 Å². The zero-order valence-corrected chi connectivity index (χ0v) is 14.5. The Morgan fingerprint density at radius 2 is 2.27 bits per heavy atom. The Morgan fingerprint density at radius 3 is 3.04 bits per heavy atom. The van der Waals surface area contributed by atoms with Gasteiger partial charge in [0.2, 0.25) is 6.23 Å². The molecule has 4 rings (SSSR count). The third-order valence-corrected chi connectivity index (χ3v) is 5.83. The minimum atomic E-state index is -3.62. The van der Waals surface area contributed by atoms with Crippen LogP contribution in [0, 0.1) is 0 Å². The highest BCUT2D eigenvalue weighted by Crippen LogP contribution is 2.42. The van der Waals surface area contributed by atoms with Crippen molar-refractivity contribution in [1.82, 2.24) is 14.5 Å². The average Bonchev–Trinajstić information content (AvgIpc) is 3.13. The SMILES string of the molecule is Nc1ccn([C@@H]2O[C@H](CN3CCc4sccc4C3)[C@@H](O)C2(F)F)c(=O)n1. The summed E-state index contributed by atoms with van der Waals surface area (Å²) in [6.45, 7) is 1.49. The van der Waals surface area contributed by atoms with E-state index in [2.05, 4.69) is 4.98 Å². The van der Waals surface area contributed by atoms with Gasteiger partial charge in [-0.2, -0.15) is 13.8 Å². The molecule has 0 unspecified atom stereocenters. The fourth-order valence-electron chi connectivity index (χ4n) is 3.44. The number of nitrogens with two attached hydrogens (primary N) is 1. The van der Waals surface area contributed by atoms with Crippen molar-refractivity contribution in [2.45, 2.75) is 37.3 Å². The van der Waals surface area contributed by atoms with Crippen molar-refractivity contribution in [2.24, 2.45) is 0 Å². The molecule has 140 valence electrons. The molecule has 0 aromatic carbocycles. The van der Waals surface area contributed by atoms with Gasteiger partial charge < -0.3 is 15.6 Å². The molecule has 0 aliphatic carbocycles. The molecule has 0 radical (unpaired) electrons. The summed E-state index contributed by atoms with van der Waals surface area (Å²) in [5.74, 6) is -3.68. The topological polar surface area (TPSA) is 93.6 Å². The van der Waals surface area contributed by atoms with Crippen molar-refractivity contribution in [2.75, 3.05) is 18.8 Å². The number of anilines is 1. The smallest absolute Gasteiger partial charge is 0.351 e. The highest BCUT2D eigenvalue weighted by molar-refractivity contribution is 7.10. The molecular formula is C16H18F2N4O3S. The lowest BCUT2D eigenvalue weighted by Crippen LogP contribution is -2.44. The predicted octanol–water partition coefficient (Wildman–Crippen LogP) is 0.839. The van der Waals surface area contributed by atoms with E-state index in [1.54, 1.807) is 11.3 Å². The summed E-state index contributed by atoms with van der Waals surface area (Å²) in [6.07, 6.45) is -3.08. The third kappa shape index (κ3) is 2.92. The lowest BCUT2D eigenvalue weighted by molar-refractivity contribution is -0.140. The van der Waals surface area contributed by atoms with Gasteiger partial charge in [-0.15, -0.1) is 11.3 Å². The van der Waals surface area contributed by atoms with Crippen LogP contribution in [0.5, 0.6) is 0 Å². The first-order valence-corrected chi connectivity index (χ1v) is 9.08. The van der Waals surface area contributed by atoms with E-state index in [9.17, 15) is 18.7 Å². The maximum Gasteiger partial charge on any atom is 0.351 e. The van der Waals surface area contributed by atoms with E-state index in [4.69, 9.17) is 10.5 Å². The zero-order valence-electron chi connectivity index (χ0n) is 13.7. The number of aromatic nitrogens is 2. The molecule has 1 saturated heterocycles. The van der Waals surface area contributed by atoms with Crippen molar-refractivity contribution >= 4 is 17.2 Å². The molecule has 1 fully saturated rings. The highest BCUT2D eigenvalue weighted by atomic mass is 32.1. The number of aliphatic hydroxyl groups is 1. The van der Waals surface area contributed by atoms with Crippen LogP contribution in [0.3, 0.4) is 0 Å². The summed E-state index contributed by atoms with van der Waals surface area (Å²) in [7, 11) is 0. The zero-order chi connectivity index (χ0) is 18.5. The second kappa shape index (κ2) is 6.38. The monoisotopic (exact) mass is 384 g/mol. The van der Waals surface area contributed by atoms with Gasteiger partial charge in [0, 0.05) is 30.7 Å². The fraction of sp³-hybridized carbons (Fsp3) is 0.500.